The zero-order chi connectivity index (χ0) is 15.8. The molecule has 0 aromatic rings. The maximum atomic E-state index is 11.2. The van der Waals surface area contributed by atoms with Crippen molar-refractivity contribution in [3.63, 3.8) is 0 Å². The second-order valence-corrected chi connectivity index (χ2v) is 8.94. The van der Waals surface area contributed by atoms with Gasteiger partial charge in [0, 0.05) is 5.41 Å². The van der Waals surface area contributed by atoms with Gasteiger partial charge in [0.05, 0.1) is 12.2 Å². The van der Waals surface area contributed by atoms with Gasteiger partial charge in [-0.1, -0.05) is 24.5 Å². The lowest BCUT2D eigenvalue weighted by Gasteiger charge is -2.51. The van der Waals surface area contributed by atoms with Gasteiger partial charge >= 0.3 is 0 Å². The van der Waals surface area contributed by atoms with Crippen molar-refractivity contribution in [2.24, 2.45) is 29.1 Å². The van der Waals surface area contributed by atoms with Crippen LogP contribution in [0.2, 0.25) is 0 Å². The van der Waals surface area contributed by atoms with Crippen LogP contribution in [-0.4, -0.2) is 22.9 Å². The summed E-state index contributed by atoms with van der Waals surface area (Å²) in [6, 6.07) is 0. The minimum Gasteiger partial charge on any atom is -0.377 e. The van der Waals surface area contributed by atoms with Gasteiger partial charge in [-0.05, 0) is 75.5 Å². The molecule has 0 bridgehead atoms. The molecule has 1 N–H and O–H groups in total. The summed E-state index contributed by atoms with van der Waals surface area (Å²) in [5.41, 5.74) is 0.915. The van der Waals surface area contributed by atoms with Crippen molar-refractivity contribution in [2.45, 2.75) is 76.6 Å². The minimum atomic E-state index is -0.775. The standard InChI is InChI=1S/C21H28O2/c1-3-8-21(22)10-7-17-15-5-4-13-11-18-19(23-18)12-16(13)14(15)6-9-20(17,21)2/h6,13,15-19,22H,4-5,7,9-12H2,1-2H3/t13?,15-,16-,17+,18?,19?,20+,21+/m1/s1. The van der Waals surface area contributed by atoms with E-state index in [1.165, 1.54) is 25.7 Å². The van der Waals surface area contributed by atoms with E-state index in [9.17, 15) is 5.11 Å². The lowest BCUT2D eigenvalue weighted by atomic mass is 9.53. The van der Waals surface area contributed by atoms with Crippen molar-refractivity contribution in [3.8, 4) is 11.8 Å². The van der Waals surface area contributed by atoms with E-state index in [1.54, 1.807) is 5.57 Å². The first-order valence-electron chi connectivity index (χ1n) is 9.57. The molecule has 5 aliphatic rings. The molecular weight excluding hydrogens is 284 g/mol. The number of hydrogen-bond acceptors (Lipinski definition) is 2. The van der Waals surface area contributed by atoms with E-state index >= 15 is 0 Å². The molecule has 0 radical (unpaired) electrons. The summed E-state index contributed by atoms with van der Waals surface area (Å²) in [6.07, 6.45) is 11.9. The van der Waals surface area contributed by atoms with Crippen molar-refractivity contribution < 1.29 is 9.84 Å². The van der Waals surface area contributed by atoms with Crippen LogP contribution >= 0.6 is 0 Å². The molecule has 0 amide bonds. The summed E-state index contributed by atoms with van der Waals surface area (Å²) in [4.78, 5) is 0. The van der Waals surface area contributed by atoms with E-state index in [-0.39, 0.29) is 5.41 Å². The highest BCUT2D eigenvalue weighted by atomic mass is 16.6. The molecule has 3 saturated carbocycles. The molecule has 2 heteroatoms. The van der Waals surface area contributed by atoms with E-state index in [2.05, 4.69) is 24.8 Å². The van der Waals surface area contributed by atoms with E-state index in [1.807, 2.05) is 6.92 Å². The molecular formula is C21H28O2. The molecule has 3 unspecified atom stereocenters. The molecule has 1 aliphatic heterocycles. The lowest BCUT2D eigenvalue weighted by Crippen LogP contribution is -2.49. The summed E-state index contributed by atoms with van der Waals surface area (Å²) in [7, 11) is 0. The molecule has 124 valence electrons. The normalized spacial score (nSPS) is 56.2. The van der Waals surface area contributed by atoms with Crippen LogP contribution in [0.4, 0.5) is 0 Å². The first kappa shape index (κ1) is 14.6. The summed E-state index contributed by atoms with van der Waals surface area (Å²) in [6.45, 7) is 4.16. The van der Waals surface area contributed by atoms with E-state index in [0.717, 1.165) is 31.1 Å². The Hall–Kier alpha value is -0.780. The minimum absolute atomic E-state index is 0.0513. The van der Waals surface area contributed by atoms with Gasteiger partial charge < -0.3 is 9.84 Å². The summed E-state index contributed by atoms with van der Waals surface area (Å²) in [5, 5.41) is 11.2. The first-order chi connectivity index (χ1) is 11.1. The summed E-state index contributed by atoms with van der Waals surface area (Å²) < 4.78 is 5.84. The first-order valence-corrected chi connectivity index (χ1v) is 9.57. The van der Waals surface area contributed by atoms with Gasteiger partial charge in [-0.15, -0.1) is 5.92 Å². The van der Waals surface area contributed by atoms with E-state index < -0.39 is 5.60 Å². The summed E-state index contributed by atoms with van der Waals surface area (Å²) >= 11 is 0. The van der Waals surface area contributed by atoms with E-state index in [4.69, 9.17) is 4.74 Å². The Kier molecular flexibility index (Phi) is 2.94. The van der Waals surface area contributed by atoms with Crippen LogP contribution in [-0.2, 0) is 4.74 Å². The third-order valence-corrected chi connectivity index (χ3v) is 8.14. The van der Waals surface area contributed by atoms with Gasteiger partial charge in [0.25, 0.3) is 0 Å². The molecule has 8 atom stereocenters. The topological polar surface area (TPSA) is 32.8 Å². The number of fused-ring (bicyclic) bond motifs is 6. The highest BCUT2D eigenvalue weighted by molar-refractivity contribution is 5.32. The molecule has 5 rings (SSSR count). The van der Waals surface area contributed by atoms with Gasteiger partial charge in [-0.3, -0.25) is 0 Å². The Morgan fingerprint density at radius 3 is 2.83 bits per heavy atom. The molecule has 0 spiro atoms. The predicted molar refractivity (Wildman–Crippen MR) is 89.5 cm³/mol. The molecule has 4 fully saturated rings. The number of rotatable bonds is 0. The van der Waals surface area contributed by atoms with Crippen LogP contribution in [0.25, 0.3) is 0 Å². The average Bonchev–Trinajstić information content (AvgIpc) is 3.24. The van der Waals surface area contributed by atoms with Gasteiger partial charge in [-0.2, -0.15) is 0 Å². The Morgan fingerprint density at radius 1 is 1.17 bits per heavy atom. The third-order valence-electron chi connectivity index (χ3n) is 8.14. The van der Waals surface area contributed by atoms with Crippen LogP contribution in [0.15, 0.2) is 11.6 Å². The van der Waals surface area contributed by atoms with Crippen molar-refractivity contribution in [1.82, 2.24) is 0 Å². The van der Waals surface area contributed by atoms with Crippen LogP contribution in [0.3, 0.4) is 0 Å². The molecule has 1 heterocycles. The zero-order valence-electron chi connectivity index (χ0n) is 14.3. The molecule has 0 aromatic carbocycles. The van der Waals surface area contributed by atoms with Gasteiger partial charge in [-0.25, -0.2) is 0 Å². The second-order valence-electron chi connectivity index (χ2n) is 8.94. The SMILES string of the molecule is CC#C[C@]1(O)CC[C@H]2[C@@H]3CCC4CC5OC5C[C@H]4C3=CC[C@@]21C. The molecule has 2 nitrogen and oxygen atoms in total. The quantitative estimate of drug-likeness (QED) is 0.420. The average molecular weight is 312 g/mol. The zero-order valence-corrected chi connectivity index (χ0v) is 14.3. The largest absolute Gasteiger partial charge is 0.377 e. The van der Waals surface area contributed by atoms with Crippen molar-refractivity contribution in [2.75, 3.05) is 0 Å². The molecule has 0 aromatic heterocycles. The second kappa shape index (κ2) is 4.64. The highest BCUT2D eigenvalue weighted by Gasteiger charge is 2.61. The number of allylic oxidation sites excluding steroid dienone is 2. The van der Waals surface area contributed by atoms with Gasteiger partial charge in [0.1, 0.15) is 5.60 Å². The van der Waals surface area contributed by atoms with E-state index in [0.29, 0.717) is 24.0 Å². The third kappa shape index (κ3) is 1.84. The van der Waals surface area contributed by atoms with Crippen molar-refractivity contribution in [1.29, 1.82) is 0 Å². The maximum absolute atomic E-state index is 11.2. The smallest absolute Gasteiger partial charge is 0.131 e. The Morgan fingerprint density at radius 2 is 2.00 bits per heavy atom. The van der Waals surface area contributed by atoms with Crippen LogP contribution in [0, 0.1) is 40.9 Å². The van der Waals surface area contributed by atoms with Crippen molar-refractivity contribution in [3.05, 3.63) is 11.6 Å². The Labute approximate surface area is 139 Å². The Balaban J connectivity index is 1.49. The highest BCUT2D eigenvalue weighted by Crippen LogP contribution is 2.64. The maximum Gasteiger partial charge on any atom is 0.131 e. The number of hydrogen-bond donors (Lipinski definition) is 1. The van der Waals surface area contributed by atoms with Gasteiger partial charge in [0.15, 0.2) is 0 Å². The number of aliphatic hydroxyl groups is 1. The van der Waals surface area contributed by atoms with Crippen LogP contribution < -0.4 is 0 Å². The van der Waals surface area contributed by atoms with Crippen LogP contribution in [0.1, 0.15) is 58.8 Å². The lowest BCUT2D eigenvalue weighted by molar-refractivity contribution is -0.0395. The summed E-state index contributed by atoms with van der Waals surface area (Å²) in [5.74, 6) is 9.13. The predicted octanol–water partition coefficient (Wildman–Crippen LogP) is 3.69. The number of ether oxygens (including phenoxy) is 1. The molecule has 23 heavy (non-hydrogen) atoms. The van der Waals surface area contributed by atoms with Crippen molar-refractivity contribution >= 4 is 0 Å². The monoisotopic (exact) mass is 312 g/mol. The fourth-order valence-corrected chi connectivity index (χ4v) is 6.78. The fourth-order valence-electron chi connectivity index (χ4n) is 6.78. The fraction of sp³-hybridized carbons (Fsp3) is 0.810. The number of epoxide rings is 1. The van der Waals surface area contributed by atoms with Crippen LogP contribution in [0.5, 0.6) is 0 Å². The molecule has 4 aliphatic carbocycles. The van der Waals surface area contributed by atoms with Gasteiger partial charge in [0.2, 0.25) is 0 Å². The molecule has 1 saturated heterocycles. The Bertz CT molecular complexity index is 625.